The SMILES string of the molecule is CCOC(=O)COc1ccc2c(c1)OC(=Cc1c(F)cccc1Cl)C2=O. The van der Waals surface area contributed by atoms with E-state index in [1.54, 1.807) is 13.0 Å². The molecule has 0 saturated heterocycles. The first-order valence-corrected chi connectivity index (χ1v) is 8.18. The first-order chi connectivity index (χ1) is 12.5. The summed E-state index contributed by atoms with van der Waals surface area (Å²) in [7, 11) is 0. The highest BCUT2D eigenvalue weighted by Gasteiger charge is 2.28. The first-order valence-electron chi connectivity index (χ1n) is 7.80. The number of carbonyl (C=O) groups is 2. The number of ether oxygens (including phenoxy) is 3. The monoisotopic (exact) mass is 376 g/mol. The minimum absolute atomic E-state index is 0.0467. The summed E-state index contributed by atoms with van der Waals surface area (Å²) in [5.74, 6) is -0.897. The van der Waals surface area contributed by atoms with Gasteiger partial charge < -0.3 is 14.2 Å². The lowest BCUT2D eigenvalue weighted by molar-refractivity contribution is -0.145. The molecular formula is C19H14ClFO5. The number of rotatable bonds is 5. The number of Topliss-reactive ketones (excluding diaryl/α,β-unsaturated/α-hetero) is 1. The van der Waals surface area contributed by atoms with Crippen LogP contribution in [0.5, 0.6) is 11.5 Å². The molecule has 134 valence electrons. The van der Waals surface area contributed by atoms with Gasteiger partial charge in [-0.05, 0) is 37.3 Å². The maximum Gasteiger partial charge on any atom is 0.344 e. The van der Waals surface area contributed by atoms with Crippen LogP contribution in [0.1, 0.15) is 22.8 Å². The van der Waals surface area contributed by atoms with Crippen molar-refractivity contribution in [2.24, 2.45) is 0 Å². The summed E-state index contributed by atoms with van der Waals surface area (Å²) in [5, 5.41) is 0.170. The molecule has 0 fully saturated rings. The van der Waals surface area contributed by atoms with Crippen LogP contribution in [0.4, 0.5) is 4.39 Å². The normalized spacial score (nSPS) is 14.1. The molecule has 1 aliphatic heterocycles. The molecule has 0 aliphatic carbocycles. The number of carbonyl (C=O) groups excluding carboxylic acids is 2. The van der Waals surface area contributed by atoms with E-state index in [0.717, 1.165) is 0 Å². The topological polar surface area (TPSA) is 61.8 Å². The van der Waals surface area contributed by atoms with Crippen LogP contribution < -0.4 is 9.47 Å². The van der Waals surface area contributed by atoms with Crippen molar-refractivity contribution in [3.05, 3.63) is 64.1 Å². The maximum absolute atomic E-state index is 13.9. The van der Waals surface area contributed by atoms with Crippen LogP contribution in [-0.4, -0.2) is 25.0 Å². The van der Waals surface area contributed by atoms with Crippen LogP contribution in [-0.2, 0) is 9.53 Å². The number of esters is 1. The molecule has 2 aromatic carbocycles. The fourth-order valence-electron chi connectivity index (χ4n) is 2.38. The molecule has 0 unspecified atom stereocenters. The highest BCUT2D eigenvalue weighted by Crippen LogP contribution is 2.35. The van der Waals surface area contributed by atoms with E-state index in [0.29, 0.717) is 11.3 Å². The summed E-state index contributed by atoms with van der Waals surface area (Å²) in [4.78, 5) is 23.7. The number of halogens is 2. The number of hydrogen-bond donors (Lipinski definition) is 0. The Kier molecular flexibility index (Phi) is 5.23. The van der Waals surface area contributed by atoms with Gasteiger partial charge in [0.2, 0.25) is 5.78 Å². The number of allylic oxidation sites excluding steroid dienone is 1. The van der Waals surface area contributed by atoms with Gasteiger partial charge in [-0.3, -0.25) is 4.79 Å². The Balaban J connectivity index is 1.81. The van der Waals surface area contributed by atoms with Gasteiger partial charge in [0, 0.05) is 11.6 Å². The van der Waals surface area contributed by atoms with Gasteiger partial charge in [0.25, 0.3) is 0 Å². The number of fused-ring (bicyclic) bond motifs is 1. The van der Waals surface area contributed by atoms with Crippen molar-refractivity contribution in [2.75, 3.05) is 13.2 Å². The Hall–Kier alpha value is -2.86. The minimum atomic E-state index is -0.559. The molecule has 1 heterocycles. The molecule has 5 nitrogen and oxygen atoms in total. The van der Waals surface area contributed by atoms with Crippen molar-refractivity contribution in [2.45, 2.75) is 6.92 Å². The summed E-state index contributed by atoms with van der Waals surface area (Å²) >= 11 is 5.97. The fourth-order valence-corrected chi connectivity index (χ4v) is 2.60. The summed E-state index contributed by atoms with van der Waals surface area (Å²) < 4.78 is 29.5. The lowest BCUT2D eigenvalue weighted by Gasteiger charge is -2.06. The minimum Gasteiger partial charge on any atom is -0.482 e. The Bertz CT molecular complexity index is 887. The molecule has 0 N–H and O–H groups in total. The molecule has 0 atom stereocenters. The lowest BCUT2D eigenvalue weighted by Crippen LogP contribution is -2.14. The summed E-state index contributed by atoms with van der Waals surface area (Å²) in [6.07, 6.45) is 1.26. The standard InChI is InChI=1S/C19H14ClFO5/c1-2-24-18(22)10-25-11-6-7-12-16(8-11)26-17(19(12)23)9-13-14(20)4-3-5-15(13)21/h3-9H,2,10H2,1H3. The quantitative estimate of drug-likeness (QED) is 0.582. The molecule has 0 spiro atoms. The fraction of sp³-hybridized carbons (Fsp3) is 0.158. The second kappa shape index (κ2) is 7.58. The van der Waals surface area contributed by atoms with E-state index in [9.17, 15) is 14.0 Å². The lowest BCUT2D eigenvalue weighted by atomic mass is 10.1. The Morgan fingerprint density at radius 2 is 2.12 bits per heavy atom. The van der Waals surface area contributed by atoms with Crippen LogP contribution in [0.15, 0.2) is 42.2 Å². The highest BCUT2D eigenvalue weighted by atomic mass is 35.5. The van der Waals surface area contributed by atoms with E-state index < -0.39 is 17.6 Å². The molecule has 7 heteroatoms. The predicted molar refractivity (Wildman–Crippen MR) is 92.9 cm³/mol. The number of ketones is 1. The van der Waals surface area contributed by atoms with Gasteiger partial charge in [0.05, 0.1) is 17.2 Å². The van der Waals surface area contributed by atoms with Crippen LogP contribution in [0.3, 0.4) is 0 Å². The average Bonchev–Trinajstić information content (AvgIpc) is 2.92. The van der Waals surface area contributed by atoms with Crippen LogP contribution in [0.2, 0.25) is 5.02 Å². The van der Waals surface area contributed by atoms with Gasteiger partial charge in [-0.15, -0.1) is 0 Å². The largest absolute Gasteiger partial charge is 0.482 e. The maximum atomic E-state index is 13.9. The smallest absolute Gasteiger partial charge is 0.344 e. The Morgan fingerprint density at radius 1 is 1.31 bits per heavy atom. The predicted octanol–water partition coefficient (Wildman–Crippen LogP) is 4.04. The van der Waals surface area contributed by atoms with E-state index in [1.807, 2.05) is 0 Å². The third-order valence-electron chi connectivity index (χ3n) is 3.58. The van der Waals surface area contributed by atoms with Gasteiger partial charge >= 0.3 is 5.97 Å². The second-order valence-corrected chi connectivity index (χ2v) is 5.73. The van der Waals surface area contributed by atoms with Crippen molar-refractivity contribution in [1.29, 1.82) is 0 Å². The van der Waals surface area contributed by atoms with E-state index in [4.69, 9.17) is 25.8 Å². The molecule has 26 heavy (non-hydrogen) atoms. The summed E-state index contributed by atoms with van der Waals surface area (Å²) in [5.41, 5.74) is 0.385. The molecule has 0 radical (unpaired) electrons. The molecule has 1 aliphatic rings. The van der Waals surface area contributed by atoms with Gasteiger partial charge in [0.1, 0.15) is 17.3 Å². The van der Waals surface area contributed by atoms with Crippen molar-refractivity contribution >= 4 is 29.4 Å². The molecule has 0 amide bonds. The summed E-state index contributed by atoms with van der Waals surface area (Å²) in [6.45, 7) is 1.70. The van der Waals surface area contributed by atoms with E-state index in [-0.39, 0.29) is 35.3 Å². The van der Waals surface area contributed by atoms with E-state index in [2.05, 4.69) is 0 Å². The van der Waals surface area contributed by atoms with Gasteiger partial charge in [-0.2, -0.15) is 0 Å². The molecule has 0 aromatic heterocycles. The zero-order valence-electron chi connectivity index (χ0n) is 13.8. The van der Waals surface area contributed by atoms with Crippen LogP contribution in [0.25, 0.3) is 6.08 Å². The first kappa shape index (κ1) is 17.9. The van der Waals surface area contributed by atoms with E-state index >= 15 is 0 Å². The molecule has 3 rings (SSSR count). The molecule has 0 saturated carbocycles. The highest BCUT2D eigenvalue weighted by molar-refractivity contribution is 6.32. The second-order valence-electron chi connectivity index (χ2n) is 5.33. The molecule has 2 aromatic rings. The van der Waals surface area contributed by atoms with Crippen LogP contribution >= 0.6 is 11.6 Å². The average molecular weight is 377 g/mol. The Morgan fingerprint density at radius 3 is 2.85 bits per heavy atom. The van der Waals surface area contributed by atoms with Gasteiger partial charge in [0.15, 0.2) is 12.4 Å². The molecular weight excluding hydrogens is 363 g/mol. The zero-order chi connectivity index (χ0) is 18.7. The summed E-state index contributed by atoms with van der Waals surface area (Å²) in [6, 6.07) is 8.77. The van der Waals surface area contributed by atoms with Crippen molar-refractivity contribution in [1.82, 2.24) is 0 Å². The third-order valence-corrected chi connectivity index (χ3v) is 3.91. The molecule has 0 bridgehead atoms. The number of hydrogen-bond acceptors (Lipinski definition) is 5. The third kappa shape index (κ3) is 3.70. The van der Waals surface area contributed by atoms with Gasteiger partial charge in [-0.1, -0.05) is 17.7 Å². The van der Waals surface area contributed by atoms with Crippen molar-refractivity contribution in [3.8, 4) is 11.5 Å². The number of benzene rings is 2. The van der Waals surface area contributed by atoms with Crippen molar-refractivity contribution < 1.29 is 28.2 Å². The zero-order valence-corrected chi connectivity index (χ0v) is 14.5. The van der Waals surface area contributed by atoms with Gasteiger partial charge in [-0.25, -0.2) is 9.18 Å². The van der Waals surface area contributed by atoms with Crippen LogP contribution in [0, 0.1) is 5.82 Å². The van der Waals surface area contributed by atoms with Crippen molar-refractivity contribution in [3.63, 3.8) is 0 Å². The van der Waals surface area contributed by atoms with E-state index in [1.165, 1.54) is 36.4 Å². The Labute approximate surface area is 153 Å².